The number of amides is 2. The normalized spacial score (nSPS) is 11.6. The van der Waals surface area contributed by atoms with Gasteiger partial charge in [0.1, 0.15) is 17.6 Å². The molecule has 0 aliphatic carbocycles. The number of rotatable bonds is 6. The van der Waals surface area contributed by atoms with Crippen molar-refractivity contribution in [2.45, 2.75) is 6.10 Å². The average Bonchev–Trinajstić information content (AvgIpc) is 2.62. The summed E-state index contributed by atoms with van der Waals surface area (Å²) in [5, 5.41) is 16.3. The van der Waals surface area contributed by atoms with Crippen LogP contribution in [-0.2, 0) is 0 Å². The second-order valence-corrected chi connectivity index (χ2v) is 5.93. The van der Waals surface area contributed by atoms with Gasteiger partial charge < -0.3 is 25.2 Å². The fourth-order valence-electron chi connectivity index (χ4n) is 2.16. The molecule has 0 radical (unpaired) electrons. The van der Waals surface area contributed by atoms with Gasteiger partial charge in [0, 0.05) is 17.1 Å². The molecular weight excluding hydrogens is 367 g/mol. The number of urea groups is 1. The first-order chi connectivity index (χ1) is 11.9. The Hall–Kier alpha value is -2.15. The molecule has 0 aliphatic rings. The van der Waals surface area contributed by atoms with Gasteiger partial charge in [0.05, 0.1) is 24.9 Å². The van der Waals surface area contributed by atoms with Crippen molar-refractivity contribution >= 4 is 34.9 Å². The standard InChI is InChI=1S/C17H18Cl2N2O4/c1-24-11-4-6-16(25-2)12(8-11)15(22)9-20-17(23)21-14-7-10(18)3-5-13(14)19/h3-8,15,22H,9H2,1-2H3,(H2,20,21,23)/t15-/m1/s1. The smallest absolute Gasteiger partial charge is 0.319 e. The molecule has 0 aliphatic heterocycles. The van der Waals surface area contributed by atoms with E-state index in [9.17, 15) is 9.90 Å². The van der Waals surface area contributed by atoms with E-state index < -0.39 is 12.1 Å². The van der Waals surface area contributed by atoms with Crippen molar-refractivity contribution in [3.8, 4) is 11.5 Å². The SMILES string of the molecule is COc1ccc(OC)c([C@H](O)CNC(=O)Nc2cc(Cl)ccc2Cl)c1. The number of carbonyl (C=O) groups excluding carboxylic acids is 1. The maximum Gasteiger partial charge on any atom is 0.319 e. The molecule has 0 heterocycles. The highest BCUT2D eigenvalue weighted by atomic mass is 35.5. The Labute approximate surface area is 155 Å². The highest BCUT2D eigenvalue weighted by Crippen LogP contribution is 2.29. The first-order valence-electron chi connectivity index (χ1n) is 7.34. The third-order valence-electron chi connectivity index (χ3n) is 3.43. The van der Waals surface area contributed by atoms with Crippen LogP contribution >= 0.6 is 23.2 Å². The number of hydrogen-bond acceptors (Lipinski definition) is 4. The predicted molar refractivity (Wildman–Crippen MR) is 98.0 cm³/mol. The van der Waals surface area contributed by atoms with Gasteiger partial charge in [-0.05, 0) is 36.4 Å². The number of anilines is 1. The van der Waals surface area contributed by atoms with Crippen LogP contribution < -0.4 is 20.1 Å². The summed E-state index contributed by atoms with van der Waals surface area (Å²) in [5.74, 6) is 1.07. The summed E-state index contributed by atoms with van der Waals surface area (Å²) in [5.41, 5.74) is 0.878. The fraction of sp³-hybridized carbons (Fsp3) is 0.235. The summed E-state index contributed by atoms with van der Waals surface area (Å²) in [6.07, 6.45) is -0.981. The van der Waals surface area contributed by atoms with Gasteiger partial charge in [-0.15, -0.1) is 0 Å². The molecule has 0 spiro atoms. The molecular formula is C17H18Cl2N2O4. The van der Waals surface area contributed by atoms with Crippen molar-refractivity contribution in [1.29, 1.82) is 0 Å². The van der Waals surface area contributed by atoms with Gasteiger partial charge >= 0.3 is 6.03 Å². The Balaban J connectivity index is 2.00. The molecule has 2 aromatic carbocycles. The van der Waals surface area contributed by atoms with Crippen LogP contribution in [-0.4, -0.2) is 31.9 Å². The van der Waals surface area contributed by atoms with Crippen LogP contribution in [0.3, 0.4) is 0 Å². The predicted octanol–water partition coefficient (Wildman–Crippen LogP) is 3.87. The molecule has 2 aromatic rings. The van der Waals surface area contributed by atoms with Crippen molar-refractivity contribution in [3.05, 3.63) is 52.0 Å². The molecule has 2 amide bonds. The van der Waals surface area contributed by atoms with Crippen LogP contribution in [0.4, 0.5) is 10.5 Å². The number of aliphatic hydroxyl groups excluding tert-OH is 1. The minimum absolute atomic E-state index is 0.0342. The highest BCUT2D eigenvalue weighted by Gasteiger charge is 2.16. The average molecular weight is 385 g/mol. The molecule has 0 unspecified atom stereocenters. The minimum atomic E-state index is -0.981. The third kappa shape index (κ3) is 5.16. The van der Waals surface area contributed by atoms with Gasteiger partial charge in [0.2, 0.25) is 0 Å². The van der Waals surface area contributed by atoms with Crippen LogP contribution in [0.5, 0.6) is 11.5 Å². The second-order valence-electron chi connectivity index (χ2n) is 5.08. The van der Waals surface area contributed by atoms with Crippen LogP contribution in [0.15, 0.2) is 36.4 Å². The number of carbonyl (C=O) groups is 1. The fourth-order valence-corrected chi connectivity index (χ4v) is 2.50. The molecule has 6 nitrogen and oxygen atoms in total. The number of ether oxygens (including phenoxy) is 2. The Morgan fingerprint density at radius 2 is 1.92 bits per heavy atom. The topological polar surface area (TPSA) is 79.8 Å². The van der Waals surface area contributed by atoms with Crippen molar-refractivity contribution in [2.24, 2.45) is 0 Å². The summed E-state index contributed by atoms with van der Waals surface area (Å²) in [6, 6.07) is 9.26. The van der Waals surface area contributed by atoms with E-state index in [0.717, 1.165) is 0 Å². The Morgan fingerprint density at radius 3 is 2.60 bits per heavy atom. The molecule has 1 atom stereocenters. The van der Waals surface area contributed by atoms with E-state index in [1.807, 2.05) is 0 Å². The molecule has 3 N–H and O–H groups in total. The van der Waals surface area contributed by atoms with Gasteiger partial charge in [-0.1, -0.05) is 23.2 Å². The van der Waals surface area contributed by atoms with Crippen LogP contribution in [0.25, 0.3) is 0 Å². The summed E-state index contributed by atoms with van der Waals surface area (Å²) in [6.45, 7) is -0.0342. The maximum absolute atomic E-state index is 12.0. The zero-order valence-corrected chi connectivity index (χ0v) is 15.2. The summed E-state index contributed by atoms with van der Waals surface area (Å²) in [4.78, 5) is 12.0. The summed E-state index contributed by atoms with van der Waals surface area (Å²) in [7, 11) is 3.03. The molecule has 8 heteroatoms. The highest BCUT2D eigenvalue weighted by molar-refractivity contribution is 6.35. The summed E-state index contributed by atoms with van der Waals surface area (Å²) >= 11 is 11.9. The lowest BCUT2D eigenvalue weighted by molar-refractivity contribution is 0.170. The number of aliphatic hydroxyl groups is 1. The molecule has 25 heavy (non-hydrogen) atoms. The number of halogens is 2. The lowest BCUT2D eigenvalue weighted by Gasteiger charge is -2.17. The minimum Gasteiger partial charge on any atom is -0.497 e. The van der Waals surface area contributed by atoms with E-state index in [2.05, 4.69) is 10.6 Å². The van der Waals surface area contributed by atoms with Crippen LogP contribution in [0.2, 0.25) is 10.0 Å². The molecule has 0 bridgehead atoms. The van der Waals surface area contributed by atoms with Crippen LogP contribution in [0, 0.1) is 0 Å². The van der Waals surface area contributed by atoms with Gasteiger partial charge in [0.15, 0.2) is 0 Å². The van der Waals surface area contributed by atoms with E-state index in [1.165, 1.54) is 20.3 Å². The van der Waals surface area contributed by atoms with Gasteiger partial charge in [-0.25, -0.2) is 4.79 Å². The van der Waals surface area contributed by atoms with Crippen molar-refractivity contribution < 1.29 is 19.4 Å². The van der Waals surface area contributed by atoms with E-state index in [-0.39, 0.29) is 6.54 Å². The second kappa shape index (κ2) is 8.80. The molecule has 2 rings (SSSR count). The van der Waals surface area contributed by atoms with E-state index in [1.54, 1.807) is 30.3 Å². The molecule has 134 valence electrons. The molecule has 0 saturated carbocycles. The van der Waals surface area contributed by atoms with Crippen molar-refractivity contribution in [1.82, 2.24) is 5.32 Å². The quantitative estimate of drug-likeness (QED) is 0.706. The molecule has 0 saturated heterocycles. The van der Waals surface area contributed by atoms with Crippen molar-refractivity contribution in [2.75, 3.05) is 26.1 Å². The maximum atomic E-state index is 12.0. The van der Waals surface area contributed by atoms with E-state index >= 15 is 0 Å². The first-order valence-corrected chi connectivity index (χ1v) is 8.10. The zero-order chi connectivity index (χ0) is 18.4. The van der Waals surface area contributed by atoms with Crippen molar-refractivity contribution in [3.63, 3.8) is 0 Å². The monoisotopic (exact) mass is 384 g/mol. The van der Waals surface area contributed by atoms with Gasteiger partial charge in [0.25, 0.3) is 0 Å². The van der Waals surface area contributed by atoms with Gasteiger partial charge in [-0.3, -0.25) is 0 Å². The van der Waals surface area contributed by atoms with Crippen LogP contribution in [0.1, 0.15) is 11.7 Å². The zero-order valence-electron chi connectivity index (χ0n) is 13.7. The Morgan fingerprint density at radius 1 is 1.16 bits per heavy atom. The lowest BCUT2D eigenvalue weighted by atomic mass is 10.1. The number of methoxy groups -OCH3 is 2. The molecule has 0 aromatic heterocycles. The third-order valence-corrected chi connectivity index (χ3v) is 3.99. The van der Waals surface area contributed by atoms with E-state index in [0.29, 0.717) is 32.8 Å². The molecule has 0 fully saturated rings. The number of benzene rings is 2. The lowest BCUT2D eigenvalue weighted by Crippen LogP contribution is -2.32. The number of nitrogens with one attached hydrogen (secondary N) is 2. The summed E-state index contributed by atoms with van der Waals surface area (Å²) < 4.78 is 10.4. The Bertz CT molecular complexity index is 755. The van der Waals surface area contributed by atoms with E-state index in [4.69, 9.17) is 32.7 Å². The Kier molecular flexibility index (Phi) is 6.75. The number of hydrogen-bond donors (Lipinski definition) is 3. The van der Waals surface area contributed by atoms with Gasteiger partial charge in [-0.2, -0.15) is 0 Å². The largest absolute Gasteiger partial charge is 0.497 e. The first kappa shape index (κ1) is 19.2.